The summed E-state index contributed by atoms with van der Waals surface area (Å²) in [5.74, 6) is 0. The van der Waals surface area contributed by atoms with E-state index in [0.29, 0.717) is 6.61 Å². The molecule has 2 heterocycles. The van der Waals surface area contributed by atoms with Gasteiger partial charge in [0, 0.05) is 14.7 Å². The molecule has 60 heavy (non-hydrogen) atoms. The molecule has 0 bridgehead atoms. The highest BCUT2D eigenvalue weighted by Gasteiger charge is 2.53. The first-order chi connectivity index (χ1) is 29.6. The fourth-order valence-electron chi connectivity index (χ4n) is 7.18. The molecule has 0 unspecified atom stereocenters. The molecule has 0 saturated carbocycles. The summed E-state index contributed by atoms with van der Waals surface area (Å²) >= 11 is 1.53. The van der Waals surface area contributed by atoms with E-state index in [4.69, 9.17) is 33.2 Å². The summed E-state index contributed by atoms with van der Waals surface area (Å²) in [5, 5.41) is 8.17. The van der Waals surface area contributed by atoms with Gasteiger partial charge in [-0.3, -0.25) is 0 Å². The van der Waals surface area contributed by atoms with E-state index in [1.807, 2.05) is 128 Å². The van der Waals surface area contributed by atoms with Crippen molar-refractivity contribution in [3.8, 4) is 0 Å². The van der Waals surface area contributed by atoms with Crippen LogP contribution in [0.5, 0.6) is 0 Å². The molecule has 2 saturated heterocycles. The zero-order valence-corrected chi connectivity index (χ0v) is 34.1. The monoisotopic (exact) mass is 828 g/mol. The van der Waals surface area contributed by atoms with Crippen LogP contribution >= 0.6 is 11.8 Å². The molecule has 5 aromatic carbocycles. The highest BCUT2D eigenvalue weighted by molar-refractivity contribution is 7.99. The van der Waals surface area contributed by atoms with Gasteiger partial charge < -0.3 is 33.2 Å². The number of hydrogen-bond acceptors (Lipinski definition) is 10. The van der Waals surface area contributed by atoms with E-state index in [0.717, 1.165) is 32.7 Å². The van der Waals surface area contributed by atoms with E-state index >= 15 is 0 Å². The number of hydrogen-bond donors (Lipinski definition) is 0. The van der Waals surface area contributed by atoms with Crippen LogP contribution in [-0.2, 0) is 59.6 Å². The molecule has 2 aliphatic heterocycles. The lowest BCUT2D eigenvalue weighted by molar-refractivity contribution is -0.295. The Kier molecular flexibility index (Phi) is 16.0. The maximum atomic E-state index is 10.1. The largest absolute Gasteiger partial charge is 0.374 e. The molecule has 0 spiro atoms. The standard InChI is InChI=1S/C46H48N6O7S/c1-32-22-24-37(25-23-32)60-46-44(56-30-36-20-12-5-13-21-36)42(39(58-46)31-53-27-33-14-6-2-7-15-33)59-45-40(50-52-48)43(55-29-35-18-10-4-11-19-35)41(38(57-45)26-49-51-47)54-28-34-16-8-3-9-17-34/h2-25,38-46H,26-31H2,1H3/t38-,39+,40+,41+,42+,43+,44+,45+,46-/m0/s1. The predicted octanol–water partition coefficient (Wildman–Crippen LogP) is 9.88. The van der Waals surface area contributed by atoms with Gasteiger partial charge in [-0.05, 0) is 52.4 Å². The van der Waals surface area contributed by atoms with Crippen LogP contribution in [0.1, 0.15) is 27.8 Å². The van der Waals surface area contributed by atoms with Crippen LogP contribution in [0.3, 0.4) is 0 Å². The first-order valence-electron chi connectivity index (χ1n) is 19.9. The highest BCUT2D eigenvalue weighted by Crippen LogP contribution is 2.40. The van der Waals surface area contributed by atoms with Gasteiger partial charge in [0.2, 0.25) is 0 Å². The molecule has 5 aromatic rings. The first kappa shape index (κ1) is 42.9. The van der Waals surface area contributed by atoms with Crippen molar-refractivity contribution < 1.29 is 33.2 Å². The average molecular weight is 829 g/mol. The fourth-order valence-corrected chi connectivity index (χ4v) is 8.30. The van der Waals surface area contributed by atoms with Crippen LogP contribution in [0.4, 0.5) is 0 Å². The minimum absolute atomic E-state index is 0.103. The van der Waals surface area contributed by atoms with E-state index in [2.05, 4.69) is 44.3 Å². The van der Waals surface area contributed by atoms with Gasteiger partial charge in [0.15, 0.2) is 6.29 Å². The second kappa shape index (κ2) is 22.4. The Morgan fingerprint density at radius 3 is 1.62 bits per heavy atom. The lowest BCUT2D eigenvalue weighted by atomic mass is 9.96. The summed E-state index contributed by atoms with van der Waals surface area (Å²) in [5.41, 5.74) is 24.0. The predicted molar refractivity (Wildman–Crippen MR) is 227 cm³/mol. The molecule has 310 valence electrons. The highest BCUT2D eigenvalue weighted by atomic mass is 32.2. The van der Waals surface area contributed by atoms with Crippen molar-refractivity contribution in [1.82, 2.24) is 0 Å². The van der Waals surface area contributed by atoms with E-state index < -0.39 is 54.4 Å². The van der Waals surface area contributed by atoms with E-state index in [9.17, 15) is 11.1 Å². The summed E-state index contributed by atoms with van der Waals surface area (Å²) in [4.78, 5) is 7.30. The second-order valence-electron chi connectivity index (χ2n) is 14.5. The minimum Gasteiger partial charge on any atom is -0.374 e. The number of nitrogens with zero attached hydrogens (tertiary/aromatic N) is 6. The molecule has 0 N–H and O–H groups in total. The third-order valence-corrected chi connectivity index (χ3v) is 11.4. The Bertz CT molecular complexity index is 2130. The van der Waals surface area contributed by atoms with Gasteiger partial charge in [0.05, 0.1) is 45.7 Å². The first-order valence-corrected chi connectivity index (χ1v) is 20.8. The molecular weight excluding hydrogens is 781 g/mol. The van der Waals surface area contributed by atoms with Crippen LogP contribution in [0, 0.1) is 6.92 Å². The Balaban J connectivity index is 1.23. The van der Waals surface area contributed by atoms with Crippen LogP contribution in [0.25, 0.3) is 20.9 Å². The van der Waals surface area contributed by atoms with Crippen molar-refractivity contribution >= 4 is 11.8 Å². The van der Waals surface area contributed by atoms with Crippen molar-refractivity contribution in [3.05, 3.63) is 194 Å². The Hall–Kier alpha value is -5.21. The SMILES string of the molecule is Cc1ccc(S[C@@H]2O[C@H](COCc3ccccc3)[C@@H](O[C@H]3O[C@@H](CN=[N+]=[N-])[C@@H](OCc4ccccc4)[C@H](OCc4ccccc4)[C@H]3N=[N+]=[N-])[C@H]2OCc2ccccc2)cc1. The van der Waals surface area contributed by atoms with Gasteiger partial charge in [0.1, 0.15) is 42.0 Å². The Morgan fingerprint density at radius 1 is 0.567 bits per heavy atom. The van der Waals surface area contributed by atoms with Crippen LogP contribution in [0.15, 0.2) is 161 Å². The van der Waals surface area contributed by atoms with Gasteiger partial charge in [0.25, 0.3) is 0 Å². The van der Waals surface area contributed by atoms with E-state index in [1.165, 1.54) is 11.8 Å². The van der Waals surface area contributed by atoms with Gasteiger partial charge in [-0.2, -0.15) is 0 Å². The number of aryl methyl sites for hydroxylation is 1. The van der Waals surface area contributed by atoms with Crippen molar-refractivity contribution in [2.75, 3.05) is 13.2 Å². The smallest absolute Gasteiger partial charge is 0.169 e. The summed E-state index contributed by atoms with van der Waals surface area (Å²) in [6.45, 7) is 3.11. The van der Waals surface area contributed by atoms with Crippen LogP contribution < -0.4 is 0 Å². The van der Waals surface area contributed by atoms with E-state index in [1.54, 1.807) is 0 Å². The molecule has 9 atom stereocenters. The molecule has 2 fully saturated rings. The molecule has 13 nitrogen and oxygen atoms in total. The Morgan fingerprint density at radius 2 is 1.08 bits per heavy atom. The molecule has 0 radical (unpaired) electrons. The minimum atomic E-state index is -1.20. The van der Waals surface area contributed by atoms with Gasteiger partial charge >= 0.3 is 0 Å². The maximum absolute atomic E-state index is 10.1. The van der Waals surface area contributed by atoms with Gasteiger partial charge in [-0.15, -0.1) is 0 Å². The van der Waals surface area contributed by atoms with Crippen molar-refractivity contribution in [2.45, 2.75) is 92.6 Å². The van der Waals surface area contributed by atoms with Crippen LogP contribution in [-0.4, -0.2) is 67.5 Å². The van der Waals surface area contributed by atoms with E-state index in [-0.39, 0.29) is 33.0 Å². The third kappa shape index (κ3) is 12.0. The summed E-state index contributed by atoms with van der Waals surface area (Å²) < 4.78 is 46.8. The number of ether oxygens (including phenoxy) is 7. The van der Waals surface area contributed by atoms with Gasteiger partial charge in [-0.1, -0.05) is 161 Å². The molecule has 14 heteroatoms. The quantitative estimate of drug-likeness (QED) is 0.0425. The fraction of sp³-hybridized carbons (Fsp3) is 0.348. The van der Waals surface area contributed by atoms with Crippen molar-refractivity contribution in [2.24, 2.45) is 10.2 Å². The molecule has 0 aliphatic carbocycles. The van der Waals surface area contributed by atoms with Crippen molar-refractivity contribution in [3.63, 3.8) is 0 Å². The number of thioether (sulfide) groups is 1. The zero-order valence-electron chi connectivity index (χ0n) is 33.2. The van der Waals surface area contributed by atoms with Crippen LogP contribution in [0.2, 0.25) is 0 Å². The second-order valence-corrected chi connectivity index (χ2v) is 15.7. The number of rotatable bonds is 20. The lowest BCUT2D eigenvalue weighted by Crippen LogP contribution is -2.61. The molecule has 0 aromatic heterocycles. The number of benzene rings is 5. The summed E-state index contributed by atoms with van der Waals surface area (Å²) in [6.07, 6.45) is -5.84. The number of azide groups is 2. The Labute approximate surface area is 354 Å². The lowest BCUT2D eigenvalue weighted by Gasteiger charge is -2.45. The molecule has 7 rings (SSSR count). The van der Waals surface area contributed by atoms with Crippen molar-refractivity contribution in [1.29, 1.82) is 0 Å². The maximum Gasteiger partial charge on any atom is 0.169 e. The molecule has 2 aliphatic rings. The topological polar surface area (TPSA) is 162 Å². The zero-order chi connectivity index (χ0) is 41.4. The third-order valence-electron chi connectivity index (χ3n) is 10.2. The summed E-state index contributed by atoms with van der Waals surface area (Å²) in [6, 6.07) is 46.3. The molecular formula is C46H48N6O7S. The molecule has 0 amide bonds. The normalized spacial score (nSPS) is 24.9. The average Bonchev–Trinajstić information content (AvgIpc) is 3.60. The van der Waals surface area contributed by atoms with Gasteiger partial charge in [-0.25, -0.2) is 0 Å². The summed E-state index contributed by atoms with van der Waals surface area (Å²) in [7, 11) is 0.